The second kappa shape index (κ2) is 6.46. The average molecular weight is 380 g/mol. The van der Waals surface area contributed by atoms with Crippen molar-refractivity contribution in [3.05, 3.63) is 63.9 Å². The Kier molecular flexibility index (Phi) is 3.93. The van der Waals surface area contributed by atoms with Crippen molar-refractivity contribution in [1.29, 1.82) is 0 Å². The Morgan fingerprint density at radius 2 is 1.96 bits per heavy atom. The summed E-state index contributed by atoms with van der Waals surface area (Å²) in [6, 6.07) is 9.10. The van der Waals surface area contributed by atoms with E-state index >= 15 is 0 Å². The lowest BCUT2D eigenvalue weighted by Gasteiger charge is -2.17. The molecule has 0 aliphatic heterocycles. The maximum absolute atomic E-state index is 13.0. The van der Waals surface area contributed by atoms with Crippen LogP contribution in [-0.4, -0.2) is 24.1 Å². The maximum atomic E-state index is 13.0. The van der Waals surface area contributed by atoms with E-state index in [4.69, 9.17) is 16.7 Å². The zero-order chi connectivity index (χ0) is 18.4. The molecular weight excluding hydrogens is 362 g/mol. The SMILES string of the molecule is O=c1c2cnc3nc(C4CCCCC4)nn3c2ccn1-c1cccc(Cl)c1. The van der Waals surface area contributed by atoms with Gasteiger partial charge in [-0.1, -0.05) is 36.9 Å². The lowest BCUT2D eigenvalue weighted by molar-refractivity contribution is 0.429. The van der Waals surface area contributed by atoms with E-state index in [1.54, 1.807) is 33.6 Å². The highest BCUT2D eigenvalue weighted by Crippen LogP contribution is 2.31. The summed E-state index contributed by atoms with van der Waals surface area (Å²) in [6.07, 6.45) is 9.31. The molecule has 7 heteroatoms. The summed E-state index contributed by atoms with van der Waals surface area (Å²) in [5.74, 6) is 1.78. The quantitative estimate of drug-likeness (QED) is 0.525. The molecule has 4 aromatic rings. The summed E-state index contributed by atoms with van der Waals surface area (Å²) < 4.78 is 3.27. The van der Waals surface area contributed by atoms with Crippen molar-refractivity contribution in [2.75, 3.05) is 0 Å². The van der Waals surface area contributed by atoms with Crippen LogP contribution >= 0.6 is 11.6 Å². The van der Waals surface area contributed by atoms with Crippen LogP contribution in [0.2, 0.25) is 5.02 Å². The summed E-state index contributed by atoms with van der Waals surface area (Å²) in [6.45, 7) is 0. The standard InChI is InChI=1S/C20H18ClN5O/c21-14-7-4-8-15(11-14)25-10-9-17-16(19(25)27)12-22-20-23-18(24-26(17)20)13-5-2-1-3-6-13/h4,7-13H,1-3,5-6H2. The molecule has 0 atom stereocenters. The third kappa shape index (κ3) is 2.80. The van der Waals surface area contributed by atoms with Crippen LogP contribution in [0.5, 0.6) is 0 Å². The zero-order valence-electron chi connectivity index (χ0n) is 14.7. The van der Waals surface area contributed by atoms with E-state index in [0.717, 1.165) is 29.9 Å². The first-order valence-electron chi connectivity index (χ1n) is 9.24. The number of hydrogen-bond acceptors (Lipinski definition) is 4. The van der Waals surface area contributed by atoms with Gasteiger partial charge < -0.3 is 0 Å². The van der Waals surface area contributed by atoms with Crippen LogP contribution in [0.25, 0.3) is 22.4 Å². The van der Waals surface area contributed by atoms with E-state index in [0.29, 0.717) is 22.1 Å². The topological polar surface area (TPSA) is 65.1 Å². The van der Waals surface area contributed by atoms with Crippen LogP contribution in [0.15, 0.2) is 47.5 Å². The molecule has 5 rings (SSSR count). The van der Waals surface area contributed by atoms with Crippen molar-refractivity contribution >= 4 is 28.3 Å². The molecule has 1 fully saturated rings. The van der Waals surface area contributed by atoms with Crippen molar-refractivity contribution < 1.29 is 0 Å². The Labute approximate surface area is 160 Å². The van der Waals surface area contributed by atoms with Crippen molar-refractivity contribution in [3.8, 4) is 5.69 Å². The van der Waals surface area contributed by atoms with Gasteiger partial charge in [0.1, 0.15) is 0 Å². The van der Waals surface area contributed by atoms with Gasteiger partial charge in [-0.25, -0.2) is 4.98 Å². The Morgan fingerprint density at radius 1 is 1.11 bits per heavy atom. The monoisotopic (exact) mass is 379 g/mol. The fourth-order valence-corrected chi connectivity index (χ4v) is 4.08. The first-order valence-corrected chi connectivity index (χ1v) is 9.61. The van der Waals surface area contributed by atoms with E-state index < -0.39 is 0 Å². The van der Waals surface area contributed by atoms with Crippen LogP contribution < -0.4 is 5.56 Å². The molecule has 1 saturated carbocycles. The maximum Gasteiger partial charge on any atom is 0.266 e. The first kappa shape index (κ1) is 16.4. The lowest BCUT2D eigenvalue weighted by atomic mass is 9.89. The summed E-state index contributed by atoms with van der Waals surface area (Å²) in [4.78, 5) is 22.0. The van der Waals surface area contributed by atoms with Gasteiger partial charge in [-0.3, -0.25) is 9.36 Å². The smallest absolute Gasteiger partial charge is 0.266 e. The Hall–Kier alpha value is -2.73. The predicted molar refractivity (Wildman–Crippen MR) is 105 cm³/mol. The van der Waals surface area contributed by atoms with Crippen molar-refractivity contribution in [2.24, 2.45) is 0 Å². The lowest BCUT2D eigenvalue weighted by Crippen LogP contribution is -2.18. The molecule has 136 valence electrons. The van der Waals surface area contributed by atoms with Gasteiger partial charge in [-0.2, -0.15) is 9.50 Å². The van der Waals surface area contributed by atoms with Crippen molar-refractivity contribution in [3.63, 3.8) is 0 Å². The Balaban J connectivity index is 1.67. The number of hydrogen-bond donors (Lipinski definition) is 0. The van der Waals surface area contributed by atoms with Gasteiger partial charge in [0.15, 0.2) is 5.82 Å². The number of aromatic nitrogens is 5. The van der Waals surface area contributed by atoms with E-state index in [1.165, 1.54) is 19.3 Å². The second-order valence-corrected chi connectivity index (χ2v) is 7.48. The fraction of sp³-hybridized carbons (Fsp3) is 0.300. The number of halogens is 1. The van der Waals surface area contributed by atoms with Gasteiger partial charge in [0.25, 0.3) is 11.3 Å². The highest BCUT2D eigenvalue weighted by atomic mass is 35.5. The summed E-state index contributed by atoms with van der Waals surface area (Å²) in [5, 5.41) is 5.79. The molecule has 6 nitrogen and oxygen atoms in total. The highest BCUT2D eigenvalue weighted by Gasteiger charge is 2.21. The number of nitrogens with zero attached hydrogens (tertiary/aromatic N) is 5. The number of fused-ring (bicyclic) bond motifs is 3. The molecule has 1 aromatic carbocycles. The molecule has 0 unspecified atom stereocenters. The molecule has 3 heterocycles. The summed E-state index contributed by atoms with van der Waals surface area (Å²) >= 11 is 6.07. The second-order valence-electron chi connectivity index (χ2n) is 7.04. The van der Waals surface area contributed by atoms with Crippen molar-refractivity contribution in [1.82, 2.24) is 24.1 Å². The fourth-order valence-electron chi connectivity index (χ4n) is 3.90. The Bertz CT molecular complexity index is 1210. The van der Waals surface area contributed by atoms with E-state index in [-0.39, 0.29) is 5.56 Å². The molecule has 27 heavy (non-hydrogen) atoms. The molecule has 1 aliphatic carbocycles. The molecule has 3 aromatic heterocycles. The normalized spacial score (nSPS) is 15.6. The zero-order valence-corrected chi connectivity index (χ0v) is 15.4. The van der Waals surface area contributed by atoms with Gasteiger partial charge in [-0.15, -0.1) is 5.10 Å². The third-order valence-electron chi connectivity index (χ3n) is 5.31. The summed E-state index contributed by atoms with van der Waals surface area (Å²) in [5.41, 5.74) is 1.28. The number of pyridine rings is 1. The van der Waals surface area contributed by atoms with E-state index in [9.17, 15) is 4.79 Å². The molecule has 0 amide bonds. The molecular formula is C20H18ClN5O. The van der Waals surface area contributed by atoms with E-state index in [1.807, 2.05) is 18.2 Å². The molecule has 0 radical (unpaired) electrons. The molecule has 0 bridgehead atoms. The van der Waals surface area contributed by atoms with Crippen LogP contribution in [0.3, 0.4) is 0 Å². The van der Waals surface area contributed by atoms with Crippen LogP contribution in [-0.2, 0) is 0 Å². The minimum atomic E-state index is -0.154. The average Bonchev–Trinajstić information content (AvgIpc) is 3.14. The van der Waals surface area contributed by atoms with Gasteiger partial charge in [0.2, 0.25) is 0 Å². The van der Waals surface area contributed by atoms with Crippen LogP contribution in [0, 0.1) is 0 Å². The predicted octanol–water partition coefficient (Wildman–Crippen LogP) is 4.13. The highest BCUT2D eigenvalue weighted by molar-refractivity contribution is 6.30. The van der Waals surface area contributed by atoms with E-state index in [2.05, 4.69) is 9.97 Å². The minimum Gasteiger partial charge on any atom is -0.284 e. The largest absolute Gasteiger partial charge is 0.284 e. The Morgan fingerprint density at radius 3 is 2.78 bits per heavy atom. The minimum absolute atomic E-state index is 0.154. The number of rotatable bonds is 2. The van der Waals surface area contributed by atoms with Crippen LogP contribution in [0.1, 0.15) is 43.8 Å². The molecule has 0 saturated heterocycles. The van der Waals surface area contributed by atoms with Gasteiger partial charge >= 0.3 is 0 Å². The summed E-state index contributed by atoms with van der Waals surface area (Å²) in [7, 11) is 0. The van der Waals surface area contributed by atoms with Gasteiger partial charge in [0, 0.05) is 23.3 Å². The third-order valence-corrected chi connectivity index (χ3v) is 5.54. The molecule has 0 N–H and O–H groups in total. The first-order chi connectivity index (χ1) is 13.2. The molecule has 1 aliphatic rings. The van der Waals surface area contributed by atoms with Crippen LogP contribution in [0.4, 0.5) is 0 Å². The van der Waals surface area contributed by atoms with Gasteiger partial charge in [-0.05, 0) is 37.1 Å². The van der Waals surface area contributed by atoms with Crippen molar-refractivity contribution in [2.45, 2.75) is 38.0 Å². The molecule has 0 spiro atoms. The van der Waals surface area contributed by atoms with Gasteiger partial charge in [0.05, 0.1) is 16.6 Å². The number of benzene rings is 1.